The summed E-state index contributed by atoms with van der Waals surface area (Å²) in [7, 11) is 0. The number of non-ortho nitro benzene ring substituents is 1. The molecule has 4 aliphatic carbocycles. The first-order valence-corrected chi connectivity index (χ1v) is 19.6. The van der Waals surface area contributed by atoms with Gasteiger partial charge in [-0.1, -0.05) is 70.4 Å². The van der Waals surface area contributed by atoms with E-state index in [1.807, 2.05) is 0 Å². The number of benzene rings is 1. The summed E-state index contributed by atoms with van der Waals surface area (Å²) in [4.78, 5) is 60.2. The topological polar surface area (TPSA) is 192 Å². The Hall–Kier alpha value is -4.17. The van der Waals surface area contributed by atoms with Gasteiger partial charge in [0, 0.05) is 35.4 Å². The molecule has 4 aliphatic rings. The molecule has 1 amide bonds. The van der Waals surface area contributed by atoms with Crippen molar-refractivity contribution >= 4 is 29.5 Å². The lowest BCUT2D eigenvalue weighted by atomic mass is 9.44. The minimum absolute atomic E-state index is 0.0985. The fourth-order valence-corrected chi connectivity index (χ4v) is 10.0. The highest BCUT2D eigenvalue weighted by Gasteiger charge is 2.75. The van der Waals surface area contributed by atoms with Gasteiger partial charge < -0.3 is 29.7 Å². The van der Waals surface area contributed by atoms with Crippen LogP contribution in [-0.4, -0.2) is 76.1 Å². The molecular formula is C41H55FN2O11. The Kier molecular flexibility index (Phi) is 13.2. The number of nitro groups is 1. The third-order valence-corrected chi connectivity index (χ3v) is 13.0. The highest BCUT2D eigenvalue weighted by molar-refractivity contribution is 6.01. The van der Waals surface area contributed by atoms with Gasteiger partial charge in [-0.3, -0.25) is 19.7 Å². The van der Waals surface area contributed by atoms with Crippen LogP contribution in [-0.2, 0) is 19.1 Å². The molecule has 0 radical (unpaired) electrons. The molecule has 0 spiro atoms. The second kappa shape index (κ2) is 17.3. The number of aliphatic hydroxyl groups is 2. The zero-order valence-corrected chi connectivity index (χ0v) is 32.1. The van der Waals surface area contributed by atoms with E-state index in [0.29, 0.717) is 37.8 Å². The van der Waals surface area contributed by atoms with Gasteiger partial charge in [-0.15, -0.1) is 0 Å². The maximum atomic E-state index is 17.4. The highest BCUT2D eigenvalue weighted by atomic mass is 19.1. The van der Waals surface area contributed by atoms with E-state index in [9.17, 15) is 39.5 Å². The number of carbonyl (C=O) groups is 4. The molecule has 0 bridgehead atoms. The number of halogens is 1. The molecule has 14 heteroatoms. The number of fused-ring (bicyclic) bond motifs is 5. The van der Waals surface area contributed by atoms with E-state index in [4.69, 9.17) is 14.2 Å². The van der Waals surface area contributed by atoms with E-state index >= 15 is 4.39 Å². The summed E-state index contributed by atoms with van der Waals surface area (Å²) in [6, 6.07) is 5.16. The SMILES string of the molecule is CC1CC2C3CCC4=CC(=O)C=CC4(C)C3(F)C(O)CC2(C)C1(O)C(=O)COC(=O)NCCCCCCCCCCCOC(=O)Oc1ccc([N+](=O)[O-])cc1. The van der Waals surface area contributed by atoms with Gasteiger partial charge in [0.25, 0.3) is 5.69 Å². The number of alkyl carbamates (subject to hydrolysis) is 1. The Morgan fingerprint density at radius 2 is 1.62 bits per heavy atom. The first-order chi connectivity index (χ1) is 26.1. The number of nitro benzene ring substituents is 1. The van der Waals surface area contributed by atoms with Crippen molar-refractivity contribution in [2.75, 3.05) is 19.8 Å². The van der Waals surface area contributed by atoms with Gasteiger partial charge >= 0.3 is 12.2 Å². The van der Waals surface area contributed by atoms with Crippen LogP contribution < -0.4 is 10.1 Å². The molecule has 1 aromatic carbocycles. The van der Waals surface area contributed by atoms with Crippen LogP contribution in [0.4, 0.5) is 19.7 Å². The average molecular weight is 771 g/mol. The largest absolute Gasteiger partial charge is 0.513 e. The minimum Gasteiger partial charge on any atom is -0.441 e. The van der Waals surface area contributed by atoms with Crippen molar-refractivity contribution < 1.29 is 52.9 Å². The Morgan fingerprint density at radius 3 is 2.27 bits per heavy atom. The van der Waals surface area contributed by atoms with Crippen LogP contribution in [0.15, 0.2) is 48.1 Å². The Balaban J connectivity index is 0.937. The maximum absolute atomic E-state index is 17.4. The molecule has 5 rings (SSSR count). The zero-order chi connectivity index (χ0) is 40.0. The summed E-state index contributed by atoms with van der Waals surface area (Å²) < 4.78 is 32.7. The standard InChI is InChI=1S/C41H55FN2O11/c1-27-23-33-32-18-13-28-24-30(45)19-20-38(28,2)40(32,42)34(46)25-39(33,3)41(27,50)35(47)26-54-36(48)43-21-11-9-7-5-4-6-8-10-12-22-53-37(49)55-31-16-14-29(15-17-31)44(51)52/h14-17,19-20,24,27,32-34,46,50H,4-13,18,21-23,25-26H2,1-3H3,(H,43,48). The number of amides is 1. The van der Waals surface area contributed by atoms with Gasteiger partial charge in [-0.05, 0) is 81.6 Å². The summed E-state index contributed by atoms with van der Waals surface area (Å²) in [5, 5.41) is 37.0. The second-order valence-corrected chi connectivity index (χ2v) is 16.2. The van der Waals surface area contributed by atoms with Crippen LogP contribution in [0.5, 0.6) is 5.75 Å². The van der Waals surface area contributed by atoms with Crippen LogP contribution in [0.3, 0.4) is 0 Å². The first-order valence-electron chi connectivity index (χ1n) is 19.6. The fourth-order valence-electron chi connectivity index (χ4n) is 10.0. The number of Topliss-reactive ketones (excluding diaryl/α,β-unsaturated/α-hetero) is 1. The lowest BCUT2D eigenvalue weighted by Crippen LogP contribution is -2.69. The van der Waals surface area contributed by atoms with E-state index in [2.05, 4.69) is 5.32 Å². The molecule has 3 saturated carbocycles. The molecule has 1 aromatic rings. The Morgan fingerprint density at radius 1 is 0.982 bits per heavy atom. The fraction of sp³-hybridized carbons (Fsp3) is 0.659. The number of carbonyl (C=O) groups excluding carboxylic acids is 4. The number of nitrogens with one attached hydrogen (secondary N) is 1. The number of ketones is 2. The molecule has 13 nitrogen and oxygen atoms in total. The summed E-state index contributed by atoms with van der Waals surface area (Å²) in [5.74, 6) is -2.27. The quantitative estimate of drug-likeness (QED) is 0.0475. The number of rotatable bonds is 17. The maximum Gasteiger partial charge on any atom is 0.513 e. The van der Waals surface area contributed by atoms with Crippen LogP contribution in [0.1, 0.15) is 104 Å². The van der Waals surface area contributed by atoms with Crippen LogP contribution >= 0.6 is 0 Å². The Labute approximate surface area is 321 Å². The lowest BCUT2D eigenvalue weighted by molar-refractivity contribution is -0.384. The third kappa shape index (κ3) is 8.35. The van der Waals surface area contributed by atoms with E-state index in [0.717, 1.165) is 51.4 Å². The van der Waals surface area contributed by atoms with Gasteiger partial charge in [0.2, 0.25) is 5.78 Å². The number of aliphatic hydroxyl groups excluding tert-OH is 1. The van der Waals surface area contributed by atoms with Gasteiger partial charge in [0.15, 0.2) is 18.1 Å². The summed E-state index contributed by atoms with van der Waals surface area (Å²) in [5.41, 5.74) is -5.73. The van der Waals surface area contributed by atoms with Crippen LogP contribution in [0.25, 0.3) is 0 Å². The molecule has 3 fully saturated rings. The molecule has 55 heavy (non-hydrogen) atoms. The van der Waals surface area contributed by atoms with Crippen molar-refractivity contribution in [1.82, 2.24) is 5.32 Å². The summed E-state index contributed by atoms with van der Waals surface area (Å²) in [6.45, 7) is 5.20. The number of hydrogen-bond acceptors (Lipinski definition) is 11. The van der Waals surface area contributed by atoms with E-state index in [1.165, 1.54) is 36.4 Å². The molecule has 0 aromatic heterocycles. The normalized spacial score (nSPS) is 32.0. The highest BCUT2D eigenvalue weighted by Crippen LogP contribution is 2.70. The predicted octanol–water partition coefficient (Wildman–Crippen LogP) is 7.26. The van der Waals surface area contributed by atoms with Crippen LogP contribution in [0, 0.1) is 38.7 Å². The zero-order valence-electron chi connectivity index (χ0n) is 32.1. The molecule has 0 saturated heterocycles. The molecule has 8 atom stereocenters. The number of nitrogens with zero attached hydrogens (tertiary/aromatic N) is 1. The second-order valence-electron chi connectivity index (χ2n) is 16.2. The lowest BCUT2D eigenvalue weighted by Gasteiger charge is -2.62. The van der Waals surface area contributed by atoms with Crippen molar-refractivity contribution in [2.45, 2.75) is 122 Å². The van der Waals surface area contributed by atoms with Gasteiger partial charge in [-0.2, -0.15) is 0 Å². The van der Waals surface area contributed by atoms with E-state index in [-0.39, 0.29) is 30.2 Å². The third-order valence-electron chi connectivity index (χ3n) is 13.0. The number of allylic oxidation sites excluding steroid dienone is 4. The monoisotopic (exact) mass is 770 g/mol. The van der Waals surface area contributed by atoms with Gasteiger partial charge in [0.05, 0.1) is 17.6 Å². The van der Waals surface area contributed by atoms with Crippen molar-refractivity contribution in [3.05, 3.63) is 58.2 Å². The number of alkyl halides is 1. The number of unbranched alkanes of at least 4 members (excludes halogenated alkanes) is 8. The van der Waals surface area contributed by atoms with Crippen molar-refractivity contribution in [2.24, 2.45) is 28.6 Å². The van der Waals surface area contributed by atoms with Crippen molar-refractivity contribution in [3.63, 3.8) is 0 Å². The van der Waals surface area contributed by atoms with E-state index < -0.39 is 75.5 Å². The molecule has 0 heterocycles. The van der Waals surface area contributed by atoms with Crippen molar-refractivity contribution in [3.8, 4) is 5.75 Å². The Bertz CT molecular complexity index is 1670. The van der Waals surface area contributed by atoms with E-state index in [1.54, 1.807) is 26.8 Å². The van der Waals surface area contributed by atoms with Gasteiger partial charge in [-0.25, -0.2) is 14.0 Å². The number of hydrogen-bond donors (Lipinski definition) is 3. The van der Waals surface area contributed by atoms with Crippen molar-refractivity contribution in [1.29, 1.82) is 0 Å². The number of ether oxygens (including phenoxy) is 3. The molecule has 0 aliphatic heterocycles. The molecule has 302 valence electrons. The molecular weight excluding hydrogens is 715 g/mol. The first kappa shape index (κ1) is 42.0. The molecule has 8 unspecified atom stereocenters. The van der Waals surface area contributed by atoms with Crippen LogP contribution in [0.2, 0.25) is 0 Å². The molecule has 3 N–H and O–H groups in total. The predicted molar refractivity (Wildman–Crippen MR) is 199 cm³/mol. The smallest absolute Gasteiger partial charge is 0.441 e. The average Bonchev–Trinajstić information content (AvgIpc) is 3.34. The minimum atomic E-state index is -2.07. The summed E-state index contributed by atoms with van der Waals surface area (Å²) >= 11 is 0. The summed E-state index contributed by atoms with van der Waals surface area (Å²) in [6.07, 6.45) is 10.8. The van der Waals surface area contributed by atoms with Gasteiger partial charge in [0.1, 0.15) is 11.4 Å².